The number of hydrogen-bond acceptors (Lipinski definition) is 1. The maximum atomic E-state index is 11.4. The number of carboxylic acid groups (broad SMARTS) is 1. The van der Waals surface area contributed by atoms with Crippen molar-refractivity contribution in [2.45, 2.75) is 118 Å². The molecule has 0 fully saturated rings. The number of rotatable bonds is 17. The molecule has 0 aromatic heterocycles. The van der Waals surface area contributed by atoms with Gasteiger partial charge in [0.25, 0.3) is 0 Å². The second kappa shape index (κ2) is 16.0. The van der Waals surface area contributed by atoms with Crippen molar-refractivity contribution in [1.29, 1.82) is 0 Å². The highest BCUT2D eigenvalue weighted by molar-refractivity contribution is 5.69. The van der Waals surface area contributed by atoms with Crippen molar-refractivity contribution < 1.29 is 9.90 Å². The summed E-state index contributed by atoms with van der Waals surface area (Å²) in [5, 5.41) is 9.41. The Balaban J connectivity index is 3.74. The molecular formula is C22H44O2. The molecule has 0 spiro atoms. The minimum absolute atomic E-state index is 0.117. The Kier molecular flexibility index (Phi) is 15.6. The van der Waals surface area contributed by atoms with E-state index in [1.165, 1.54) is 64.2 Å². The summed E-state index contributed by atoms with van der Waals surface area (Å²) in [7, 11) is 0. The van der Waals surface area contributed by atoms with E-state index in [9.17, 15) is 9.90 Å². The molecule has 0 aliphatic rings. The minimum Gasteiger partial charge on any atom is -0.481 e. The molecule has 0 heterocycles. The molecular weight excluding hydrogens is 296 g/mol. The van der Waals surface area contributed by atoms with E-state index < -0.39 is 5.97 Å². The first-order valence-corrected chi connectivity index (χ1v) is 10.7. The molecule has 2 heteroatoms. The maximum Gasteiger partial charge on any atom is 0.306 e. The third-order valence-corrected chi connectivity index (χ3v) is 5.44. The number of hydrogen-bond donors (Lipinski definition) is 1. The minimum atomic E-state index is -0.581. The predicted octanol–water partition coefficient (Wildman–Crippen LogP) is 7.46. The van der Waals surface area contributed by atoms with E-state index in [0.717, 1.165) is 31.6 Å². The molecule has 0 aliphatic heterocycles. The molecule has 24 heavy (non-hydrogen) atoms. The number of carboxylic acids is 1. The van der Waals surface area contributed by atoms with Gasteiger partial charge >= 0.3 is 5.97 Å². The van der Waals surface area contributed by atoms with Gasteiger partial charge in [0, 0.05) is 0 Å². The van der Waals surface area contributed by atoms with Crippen LogP contribution in [0, 0.1) is 17.8 Å². The van der Waals surface area contributed by atoms with Gasteiger partial charge in [0.2, 0.25) is 0 Å². The van der Waals surface area contributed by atoms with Gasteiger partial charge in [0.05, 0.1) is 5.92 Å². The summed E-state index contributed by atoms with van der Waals surface area (Å²) in [6.45, 7) is 9.08. The molecule has 0 saturated heterocycles. The largest absolute Gasteiger partial charge is 0.481 e. The van der Waals surface area contributed by atoms with Crippen molar-refractivity contribution in [2.24, 2.45) is 17.8 Å². The van der Waals surface area contributed by atoms with E-state index in [-0.39, 0.29) is 5.92 Å². The molecule has 1 N–H and O–H groups in total. The second-order valence-corrected chi connectivity index (χ2v) is 8.10. The van der Waals surface area contributed by atoms with Crippen LogP contribution < -0.4 is 0 Å². The van der Waals surface area contributed by atoms with Crippen LogP contribution >= 0.6 is 0 Å². The molecule has 3 atom stereocenters. The first kappa shape index (κ1) is 23.5. The van der Waals surface area contributed by atoms with E-state index in [4.69, 9.17) is 0 Å². The lowest BCUT2D eigenvalue weighted by atomic mass is 9.89. The molecule has 0 amide bonds. The van der Waals surface area contributed by atoms with Crippen molar-refractivity contribution in [3.05, 3.63) is 0 Å². The Hall–Kier alpha value is -0.530. The van der Waals surface area contributed by atoms with E-state index in [1.54, 1.807) is 0 Å². The summed E-state index contributed by atoms with van der Waals surface area (Å²) < 4.78 is 0. The Bertz CT molecular complexity index is 288. The predicted molar refractivity (Wildman–Crippen MR) is 105 cm³/mol. The van der Waals surface area contributed by atoms with Crippen LogP contribution in [0.2, 0.25) is 0 Å². The Labute approximate surface area is 151 Å². The SMILES string of the molecule is CCCCCCCC(C)CCCCC(CCC(C)CCC)C(=O)O. The normalized spacial score (nSPS) is 15.2. The van der Waals surface area contributed by atoms with E-state index in [0.29, 0.717) is 5.92 Å². The zero-order valence-corrected chi connectivity index (χ0v) is 17.0. The monoisotopic (exact) mass is 340 g/mol. The lowest BCUT2D eigenvalue weighted by Crippen LogP contribution is -2.15. The third-order valence-electron chi connectivity index (χ3n) is 5.44. The van der Waals surface area contributed by atoms with Gasteiger partial charge in [-0.1, -0.05) is 98.3 Å². The van der Waals surface area contributed by atoms with Crippen molar-refractivity contribution in [1.82, 2.24) is 0 Å². The quantitative estimate of drug-likeness (QED) is 0.279. The van der Waals surface area contributed by atoms with Crippen molar-refractivity contribution >= 4 is 5.97 Å². The first-order valence-electron chi connectivity index (χ1n) is 10.7. The molecule has 0 rings (SSSR count). The van der Waals surface area contributed by atoms with Crippen molar-refractivity contribution in [3.8, 4) is 0 Å². The van der Waals surface area contributed by atoms with Crippen LogP contribution in [0.3, 0.4) is 0 Å². The lowest BCUT2D eigenvalue weighted by Gasteiger charge is -2.16. The van der Waals surface area contributed by atoms with Gasteiger partial charge < -0.3 is 5.11 Å². The average Bonchev–Trinajstić information content (AvgIpc) is 2.53. The molecule has 0 bridgehead atoms. The lowest BCUT2D eigenvalue weighted by molar-refractivity contribution is -0.142. The molecule has 144 valence electrons. The Morgan fingerprint density at radius 1 is 0.667 bits per heavy atom. The molecule has 0 aromatic carbocycles. The smallest absolute Gasteiger partial charge is 0.306 e. The molecule has 0 aliphatic carbocycles. The Morgan fingerprint density at radius 2 is 1.21 bits per heavy atom. The summed E-state index contributed by atoms with van der Waals surface area (Å²) in [5.74, 6) is 0.778. The standard InChI is InChI=1S/C22H44O2/c1-5-7-8-9-10-14-20(4)15-11-12-16-21(22(23)24)18-17-19(3)13-6-2/h19-21H,5-18H2,1-4H3,(H,23,24). The summed E-state index contributed by atoms with van der Waals surface area (Å²) in [6, 6.07) is 0. The fourth-order valence-corrected chi connectivity index (χ4v) is 3.64. The summed E-state index contributed by atoms with van der Waals surface area (Å²) in [5.41, 5.74) is 0. The van der Waals surface area contributed by atoms with Gasteiger partial charge in [-0.2, -0.15) is 0 Å². The van der Waals surface area contributed by atoms with Gasteiger partial charge in [-0.3, -0.25) is 4.79 Å². The van der Waals surface area contributed by atoms with Crippen LogP contribution in [0.1, 0.15) is 118 Å². The van der Waals surface area contributed by atoms with Gasteiger partial charge in [0.1, 0.15) is 0 Å². The van der Waals surface area contributed by atoms with Gasteiger partial charge in [-0.15, -0.1) is 0 Å². The van der Waals surface area contributed by atoms with Crippen LogP contribution in [-0.4, -0.2) is 11.1 Å². The van der Waals surface area contributed by atoms with Crippen LogP contribution in [0.15, 0.2) is 0 Å². The first-order chi connectivity index (χ1) is 11.5. The van der Waals surface area contributed by atoms with Crippen LogP contribution in [0.5, 0.6) is 0 Å². The van der Waals surface area contributed by atoms with E-state index in [2.05, 4.69) is 27.7 Å². The van der Waals surface area contributed by atoms with Gasteiger partial charge in [-0.05, 0) is 31.1 Å². The number of aliphatic carboxylic acids is 1. The fraction of sp³-hybridized carbons (Fsp3) is 0.955. The van der Waals surface area contributed by atoms with Crippen LogP contribution in [-0.2, 0) is 4.79 Å². The Morgan fingerprint density at radius 3 is 1.79 bits per heavy atom. The summed E-state index contributed by atoms with van der Waals surface area (Å²) >= 11 is 0. The molecule has 2 nitrogen and oxygen atoms in total. The zero-order chi connectivity index (χ0) is 18.2. The molecule has 3 unspecified atom stereocenters. The van der Waals surface area contributed by atoms with Gasteiger partial charge in [0.15, 0.2) is 0 Å². The summed E-state index contributed by atoms with van der Waals surface area (Å²) in [6.07, 6.45) is 17.0. The molecule has 0 aromatic rings. The highest BCUT2D eigenvalue weighted by Crippen LogP contribution is 2.23. The maximum absolute atomic E-state index is 11.4. The highest BCUT2D eigenvalue weighted by Gasteiger charge is 2.18. The van der Waals surface area contributed by atoms with Crippen molar-refractivity contribution in [3.63, 3.8) is 0 Å². The van der Waals surface area contributed by atoms with Crippen molar-refractivity contribution in [2.75, 3.05) is 0 Å². The zero-order valence-electron chi connectivity index (χ0n) is 17.0. The average molecular weight is 341 g/mol. The van der Waals surface area contributed by atoms with E-state index >= 15 is 0 Å². The summed E-state index contributed by atoms with van der Waals surface area (Å²) in [4.78, 5) is 11.4. The number of unbranched alkanes of at least 4 members (excludes halogenated alkanes) is 5. The molecule has 0 saturated carbocycles. The fourth-order valence-electron chi connectivity index (χ4n) is 3.64. The third kappa shape index (κ3) is 13.9. The highest BCUT2D eigenvalue weighted by atomic mass is 16.4. The number of carbonyl (C=O) groups is 1. The topological polar surface area (TPSA) is 37.3 Å². The van der Waals surface area contributed by atoms with Crippen LogP contribution in [0.4, 0.5) is 0 Å². The van der Waals surface area contributed by atoms with E-state index in [1.807, 2.05) is 0 Å². The second-order valence-electron chi connectivity index (χ2n) is 8.10. The molecule has 0 radical (unpaired) electrons. The van der Waals surface area contributed by atoms with Crippen LogP contribution in [0.25, 0.3) is 0 Å². The van der Waals surface area contributed by atoms with Gasteiger partial charge in [-0.25, -0.2) is 0 Å².